The number of amides is 2. The molecule has 126 valence electrons. The number of fused-ring (bicyclic) bond motifs is 1. The van der Waals surface area contributed by atoms with Crippen LogP contribution >= 0.6 is 0 Å². The number of carbonyl (C=O) groups excluding carboxylic acids is 1. The largest absolute Gasteiger partial charge is 0.490 e. The van der Waals surface area contributed by atoms with Gasteiger partial charge in [0, 0.05) is 24.4 Å². The highest BCUT2D eigenvalue weighted by Crippen LogP contribution is 2.34. The van der Waals surface area contributed by atoms with Crippen molar-refractivity contribution in [2.75, 3.05) is 6.61 Å². The first-order chi connectivity index (χ1) is 11.7. The molecular weight excluding hydrogens is 309 g/mol. The van der Waals surface area contributed by atoms with Gasteiger partial charge in [0.1, 0.15) is 0 Å². The molecule has 0 radical (unpaired) electrons. The molecule has 6 heteroatoms. The summed E-state index contributed by atoms with van der Waals surface area (Å²) in [6.45, 7) is 2.38. The van der Waals surface area contributed by atoms with Gasteiger partial charge in [-0.25, -0.2) is 9.18 Å². The van der Waals surface area contributed by atoms with E-state index < -0.39 is 5.82 Å². The molecule has 1 aromatic carbocycles. The molecule has 1 aromatic heterocycles. The number of para-hydroxylation sites is 1. The lowest BCUT2D eigenvalue weighted by Crippen LogP contribution is -2.41. The zero-order valence-corrected chi connectivity index (χ0v) is 13.5. The second kappa shape index (κ2) is 7.29. The van der Waals surface area contributed by atoms with Crippen LogP contribution in [-0.2, 0) is 0 Å². The number of hydrogen-bond donors (Lipinski definition) is 2. The van der Waals surface area contributed by atoms with Crippen LogP contribution in [-0.4, -0.2) is 17.6 Å². The van der Waals surface area contributed by atoms with Crippen LogP contribution in [0.4, 0.5) is 9.18 Å². The summed E-state index contributed by atoms with van der Waals surface area (Å²) in [6, 6.07) is 7.89. The average molecular weight is 329 g/mol. The minimum Gasteiger partial charge on any atom is -0.490 e. The van der Waals surface area contributed by atoms with Crippen molar-refractivity contribution < 1.29 is 13.9 Å². The fourth-order valence-corrected chi connectivity index (χ4v) is 2.91. The lowest BCUT2D eigenvalue weighted by molar-refractivity contribution is 0.216. The van der Waals surface area contributed by atoms with Crippen molar-refractivity contribution in [1.82, 2.24) is 15.6 Å². The molecule has 0 bridgehead atoms. The standard InChI is InChI=1S/C18H20FN3O2/c1-2-15(12-6-9-20-10-7-12)21-18(23)22-16-8-11-24-17-13(16)4-3-5-14(17)19/h3-7,9-10,15-16H,2,8,11H2,1H3,(H2,21,22,23)/t15-,16-/m0/s1. The summed E-state index contributed by atoms with van der Waals surface area (Å²) >= 11 is 0. The molecule has 0 spiro atoms. The predicted octanol–water partition coefficient (Wildman–Crippen LogP) is 3.49. The fourth-order valence-electron chi connectivity index (χ4n) is 2.91. The normalized spacial score (nSPS) is 17.3. The molecule has 0 saturated carbocycles. The third kappa shape index (κ3) is 3.48. The van der Waals surface area contributed by atoms with Gasteiger partial charge in [0.15, 0.2) is 11.6 Å². The van der Waals surface area contributed by atoms with E-state index in [1.807, 2.05) is 19.1 Å². The summed E-state index contributed by atoms with van der Waals surface area (Å²) in [5, 5.41) is 5.89. The topological polar surface area (TPSA) is 63.2 Å². The number of pyridine rings is 1. The third-order valence-electron chi connectivity index (χ3n) is 4.15. The zero-order chi connectivity index (χ0) is 16.9. The highest BCUT2D eigenvalue weighted by Gasteiger charge is 2.25. The van der Waals surface area contributed by atoms with E-state index in [-0.39, 0.29) is 23.9 Å². The zero-order valence-electron chi connectivity index (χ0n) is 13.5. The Labute approximate surface area is 140 Å². The Morgan fingerprint density at radius 3 is 2.92 bits per heavy atom. The van der Waals surface area contributed by atoms with E-state index in [0.717, 1.165) is 12.0 Å². The minimum atomic E-state index is -0.400. The second-order valence-electron chi connectivity index (χ2n) is 5.71. The first-order valence-electron chi connectivity index (χ1n) is 8.07. The highest BCUT2D eigenvalue weighted by atomic mass is 19.1. The lowest BCUT2D eigenvalue weighted by atomic mass is 10.0. The monoisotopic (exact) mass is 329 g/mol. The molecule has 5 nitrogen and oxygen atoms in total. The molecule has 0 aliphatic carbocycles. The van der Waals surface area contributed by atoms with Gasteiger partial charge < -0.3 is 15.4 Å². The van der Waals surface area contributed by atoms with Gasteiger partial charge in [0.2, 0.25) is 0 Å². The van der Waals surface area contributed by atoms with Crippen LogP contribution in [0, 0.1) is 5.82 Å². The molecule has 1 aliphatic rings. The first-order valence-corrected chi connectivity index (χ1v) is 8.07. The third-order valence-corrected chi connectivity index (χ3v) is 4.15. The van der Waals surface area contributed by atoms with Crippen molar-refractivity contribution in [2.45, 2.75) is 31.8 Å². The van der Waals surface area contributed by atoms with E-state index >= 15 is 0 Å². The molecule has 2 N–H and O–H groups in total. The number of nitrogens with zero attached hydrogens (tertiary/aromatic N) is 1. The van der Waals surface area contributed by atoms with Crippen LogP contribution in [0.25, 0.3) is 0 Å². The average Bonchev–Trinajstić information content (AvgIpc) is 2.61. The van der Waals surface area contributed by atoms with Crippen molar-refractivity contribution >= 4 is 6.03 Å². The number of aromatic nitrogens is 1. The maximum Gasteiger partial charge on any atom is 0.315 e. The van der Waals surface area contributed by atoms with Gasteiger partial charge in [-0.1, -0.05) is 19.1 Å². The van der Waals surface area contributed by atoms with Crippen LogP contribution in [0.15, 0.2) is 42.7 Å². The fraction of sp³-hybridized carbons (Fsp3) is 0.333. The maximum absolute atomic E-state index is 13.8. The van der Waals surface area contributed by atoms with Gasteiger partial charge in [-0.15, -0.1) is 0 Å². The molecule has 24 heavy (non-hydrogen) atoms. The van der Waals surface area contributed by atoms with E-state index in [1.54, 1.807) is 24.5 Å². The van der Waals surface area contributed by atoms with Gasteiger partial charge in [-0.05, 0) is 30.2 Å². The Bertz CT molecular complexity index is 709. The summed E-state index contributed by atoms with van der Waals surface area (Å²) in [5.41, 5.74) is 1.68. The van der Waals surface area contributed by atoms with Gasteiger partial charge in [-0.2, -0.15) is 0 Å². The van der Waals surface area contributed by atoms with Crippen LogP contribution in [0.1, 0.15) is 43.0 Å². The van der Waals surface area contributed by atoms with Crippen molar-refractivity contribution in [2.24, 2.45) is 0 Å². The molecule has 3 rings (SSSR count). The second-order valence-corrected chi connectivity index (χ2v) is 5.71. The minimum absolute atomic E-state index is 0.0974. The van der Waals surface area contributed by atoms with Crippen LogP contribution in [0.5, 0.6) is 5.75 Å². The van der Waals surface area contributed by atoms with E-state index in [2.05, 4.69) is 15.6 Å². The molecule has 1 aliphatic heterocycles. The van der Waals surface area contributed by atoms with Gasteiger partial charge >= 0.3 is 6.03 Å². The molecule has 2 amide bonds. The van der Waals surface area contributed by atoms with E-state index in [9.17, 15) is 9.18 Å². The molecule has 0 unspecified atom stereocenters. The lowest BCUT2D eigenvalue weighted by Gasteiger charge is -2.28. The number of ether oxygens (including phenoxy) is 1. The first kappa shape index (κ1) is 16.2. The van der Waals surface area contributed by atoms with E-state index in [1.165, 1.54) is 6.07 Å². The van der Waals surface area contributed by atoms with Crippen LogP contribution in [0.3, 0.4) is 0 Å². The summed E-state index contributed by atoms with van der Waals surface area (Å²) in [7, 11) is 0. The SMILES string of the molecule is CC[C@H](NC(=O)N[C@H]1CCOc2c(F)cccc21)c1ccncc1. The molecule has 0 saturated heterocycles. The molecule has 0 fully saturated rings. The summed E-state index contributed by atoms with van der Waals surface area (Å²) in [5.74, 6) is -0.169. The predicted molar refractivity (Wildman–Crippen MR) is 88.2 cm³/mol. The smallest absolute Gasteiger partial charge is 0.315 e. The molecule has 2 aromatic rings. The highest BCUT2D eigenvalue weighted by molar-refractivity contribution is 5.75. The Morgan fingerprint density at radius 1 is 1.38 bits per heavy atom. The number of halogens is 1. The number of nitrogens with one attached hydrogen (secondary N) is 2. The van der Waals surface area contributed by atoms with Crippen LogP contribution < -0.4 is 15.4 Å². The number of carbonyl (C=O) groups is 1. The van der Waals surface area contributed by atoms with Crippen molar-refractivity contribution in [1.29, 1.82) is 0 Å². The molecular formula is C18H20FN3O2. The van der Waals surface area contributed by atoms with Crippen molar-refractivity contribution in [3.63, 3.8) is 0 Å². The van der Waals surface area contributed by atoms with Gasteiger partial charge in [-0.3, -0.25) is 4.98 Å². The van der Waals surface area contributed by atoms with Crippen LogP contribution in [0.2, 0.25) is 0 Å². The Morgan fingerprint density at radius 2 is 2.17 bits per heavy atom. The van der Waals surface area contributed by atoms with Gasteiger partial charge in [0.05, 0.1) is 18.7 Å². The number of urea groups is 1. The van der Waals surface area contributed by atoms with Crippen molar-refractivity contribution in [3.8, 4) is 5.75 Å². The summed E-state index contributed by atoms with van der Waals surface area (Å²) in [6.07, 6.45) is 4.77. The van der Waals surface area contributed by atoms with E-state index in [0.29, 0.717) is 18.6 Å². The Kier molecular flexibility index (Phi) is 4.93. The number of hydrogen-bond acceptors (Lipinski definition) is 3. The molecule has 2 atom stereocenters. The van der Waals surface area contributed by atoms with Gasteiger partial charge in [0.25, 0.3) is 0 Å². The maximum atomic E-state index is 13.8. The number of benzene rings is 1. The Balaban J connectivity index is 1.69. The summed E-state index contributed by atoms with van der Waals surface area (Å²) < 4.78 is 19.2. The quantitative estimate of drug-likeness (QED) is 0.902. The van der Waals surface area contributed by atoms with Crippen molar-refractivity contribution in [3.05, 3.63) is 59.7 Å². The summed E-state index contributed by atoms with van der Waals surface area (Å²) in [4.78, 5) is 16.4. The molecule has 2 heterocycles. The van der Waals surface area contributed by atoms with E-state index in [4.69, 9.17) is 4.74 Å². The Hall–Kier alpha value is -2.63. The number of rotatable bonds is 4.